The van der Waals surface area contributed by atoms with Gasteiger partial charge in [0.2, 0.25) is 0 Å². The number of nitrogens with two attached hydrogens (primary N) is 1. The summed E-state index contributed by atoms with van der Waals surface area (Å²) in [4.78, 5) is 12.0. The van der Waals surface area contributed by atoms with E-state index in [4.69, 9.17) is 5.73 Å². The van der Waals surface area contributed by atoms with Gasteiger partial charge in [0.1, 0.15) is 18.2 Å². The van der Waals surface area contributed by atoms with Gasteiger partial charge in [-0.2, -0.15) is 0 Å². The van der Waals surface area contributed by atoms with Crippen molar-refractivity contribution in [1.82, 2.24) is 29.9 Å². The molecule has 19 heavy (non-hydrogen) atoms. The third-order valence-electron chi connectivity index (χ3n) is 2.76. The summed E-state index contributed by atoms with van der Waals surface area (Å²) in [5, 5.41) is 10.9. The Morgan fingerprint density at radius 2 is 2.26 bits per heavy atom. The quantitative estimate of drug-likeness (QED) is 0.612. The van der Waals surface area contributed by atoms with Crippen molar-refractivity contribution in [2.24, 2.45) is 5.73 Å². The minimum atomic E-state index is 0.382. The number of anilines is 1. The number of fused-ring (bicyclic) bond motifs is 1. The van der Waals surface area contributed by atoms with Gasteiger partial charge in [-0.25, -0.2) is 14.6 Å². The van der Waals surface area contributed by atoms with Crippen LogP contribution in [0.15, 0.2) is 18.3 Å². The molecule has 0 fully saturated rings. The van der Waals surface area contributed by atoms with Gasteiger partial charge in [0.05, 0.1) is 17.4 Å². The molecule has 0 radical (unpaired) electrons. The second-order valence-corrected chi connectivity index (χ2v) is 4.11. The number of imidazole rings is 1. The molecule has 0 atom stereocenters. The average molecular weight is 258 g/mol. The van der Waals surface area contributed by atoms with Crippen LogP contribution < -0.4 is 11.1 Å². The van der Waals surface area contributed by atoms with E-state index in [2.05, 4.69) is 30.6 Å². The van der Waals surface area contributed by atoms with Crippen molar-refractivity contribution >= 4 is 17.0 Å². The van der Waals surface area contributed by atoms with E-state index in [1.54, 1.807) is 10.9 Å². The third kappa shape index (κ3) is 2.25. The van der Waals surface area contributed by atoms with Crippen molar-refractivity contribution in [2.75, 3.05) is 12.4 Å². The van der Waals surface area contributed by atoms with Crippen molar-refractivity contribution in [1.29, 1.82) is 0 Å². The Kier molecular flexibility index (Phi) is 2.84. The van der Waals surface area contributed by atoms with Gasteiger partial charge in [0, 0.05) is 13.6 Å². The molecule has 0 spiro atoms. The molecule has 0 aliphatic heterocycles. The zero-order chi connectivity index (χ0) is 13.2. The molecule has 0 unspecified atom stereocenters. The zero-order valence-electron chi connectivity index (χ0n) is 10.5. The Hall–Kier alpha value is -2.48. The van der Waals surface area contributed by atoms with Gasteiger partial charge in [0.15, 0.2) is 5.65 Å². The predicted molar refractivity (Wildman–Crippen MR) is 70.5 cm³/mol. The molecule has 0 bridgehead atoms. The van der Waals surface area contributed by atoms with Gasteiger partial charge in [-0.05, 0) is 12.1 Å². The maximum atomic E-state index is 5.49. The molecule has 0 aliphatic rings. The van der Waals surface area contributed by atoms with Crippen LogP contribution in [0.3, 0.4) is 0 Å². The van der Waals surface area contributed by atoms with Crippen LogP contribution >= 0.6 is 0 Å². The van der Waals surface area contributed by atoms with Crippen LogP contribution in [0.4, 0.5) is 5.82 Å². The number of nitrogens with one attached hydrogen (secondary N) is 2. The number of aromatic amines is 1. The van der Waals surface area contributed by atoms with E-state index in [1.807, 2.05) is 19.2 Å². The lowest BCUT2D eigenvalue weighted by atomic mass is 10.4. The molecule has 0 amide bonds. The van der Waals surface area contributed by atoms with Crippen molar-refractivity contribution in [2.45, 2.75) is 13.1 Å². The van der Waals surface area contributed by atoms with E-state index in [0.29, 0.717) is 18.7 Å². The van der Waals surface area contributed by atoms with Crippen molar-refractivity contribution in [3.8, 4) is 0 Å². The number of H-pyrrole nitrogens is 1. The number of hydrogen-bond acceptors (Lipinski definition) is 6. The molecule has 98 valence electrons. The van der Waals surface area contributed by atoms with Crippen LogP contribution in [0, 0.1) is 0 Å². The molecule has 0 saturated carbocycles. The lowest BCUT2D eigenvalue weighted by Gasteiger charge is -1.95. The van der Waals surface area contributed by atoms with E-state index in [9.17, 15) is 0 Å². The molecule has 8 nitrogen and oxygen atoms in total. The van der Waals surface area contributed by atoms with E-state index in [1.165, 1.54) is 0 Å². The van der Waals surface area contributed by atoms with Crippen molar-refractivity contribution in [3.05, 3.63) is 29.8 Å². The fourth-order valence-electron chi connectivity index (χ4n) is 1.82. The normalized spacial score (nSPS) is 11.1. The Morgan fingerprint density at radius 1 is 1.37 bits per heavy atom. The van der Waals surface area contributed by atoms with Crippen LogP contribution in [-0.4, -0.2) is 37.0 Å². The first-order valence-electron chi connectivity index (χ1n) is 5.91. The minimum absolute atomic E-state index is 0.382. The van der Waals surface area contributed by atoms with Crippen LogP contribution in [0.5, 0.6) is 0 Å². The summed E-state index contributed by atoms with van der Waals surface area (Å²) in [7, 11) is 1.82. The second-order valence-electron chi connectivity index (χ2n) is 4.11. The molecule has 8 heteroatoms. The predicted octanol–water partition coefficient (Wildman–Crippen LogP) is 0.0981. The molecular formula is C11H14N8. The summed E-state index contributed by atoms with van der Waals surface area (Å²) in [6, 6.07) is 3.84. The molecule has 3 aromatic rings. The first kappa shape index (κ1) is 11.6. The van der Waals surface area contributed by atoms with Crippen LogP contribution in [0.2, 0.25) is 0 Å². The SMILES string of the molecule is CNc1ccc2[nH]c(Cn3cc(CN)nn3)nc2n1. The van der Waals surface area contributed by atoms with Crippen LogP contribution in [0.25, 0.3) is 11.2 Å². The van der Waals surface area contributed by atoms with Gasteiger partial charge >= 0.3 is 0 Å². The third-order valence-corrected chi connectivity index (χ3v) is 2.76. The van der Waals surface area contributed by atoms with E-state index >= 15 is 0 Å². The Balaban J connectivity index is 1.88. The lowest BCUT2D eigenvalue weighted by Crippen LogP contribution is -2.02. The highest BCUT2D eigenvalue weighted by Gasteiger charge is 2.06. The van der Waals surface area contributed by atoms with Crippen molar-refractivity contribution in [3.63, 3.8) is 0 Å². The smallest absolute Gasteiger partial charge is 0.179 e. The number of aromatic nitrogens is 6. The maximum Gasteiger partial charge on any atom is 0.179 e. The highest BCUT2D eigenvalue weighted by atomic mass is 15.4. The summed E-state index contributed by atoms with van der Waals surface area (Å²) in [5.41, 5.74) is 7.83. The maximum absolute atomic E-state index is 5.49. The topological polar surface area (TPSA) is 110 Å². The molecule has 0 aliphatic carbocycles. The van der Waals surface area contributed by atoms with E-state index in [0.717, 1.165) is 22.9 Å². The fourth-order valence-corrected chi connectivity index (χ4v) is 1.82. The van der Waals surface area contributed by atoms with Gasteiger partial charge in [-0.1, -0.05) is 5.21 Å². The first-order valence-corrected chi connectivity index (χ1v) is 5.91. The van der Waals surface area contributed by atoms with E-state index in [-0.39, 0.29) is 0 Å². The van der Waals surface area contributed by atoms with Crippen LogP contribution in [0.1, 0.15) is 11.5 Å². The zero-order valence-corrected chi connectivity index (χ0v) is 10.5. The molecule has 4 N–H and O–H groups in total. The van der Waals surface area contributed by atoms with Gasteiger partial charge in [-0.15, -0.1) is 5.10 Å². The summed E-state index contributed by atoms with van der Waals surface area (Å²) in [6.07, 6.45) is 1.81. The van der Waals surface area contributed by atoms with Gasteiger partial charge in [0.25, 0.3) is 0 Å². The highest BCUT2D eigenvalue weighted by Crippen LogP contribution is 2.13. The summed E-state index contributed by atoms with van der Waals surface area (Å²) in [6.45, 7) is 0.894. The summed E-state index contributed by atoms with van der Waals surface area (Å²) >= 11 is 0. The summed E-state index contributed by atoms with van der Waals surface area (Å²) < 4.78 is 1.69. The Morgan fingerprint density at radius 3 is 3.00 bits per heavy atom. The van der Waals surface area contributed by atoms with Gasteiger partial charge < -0.3 is 16.0 Å². The number of nitrogens with zero attached hydrogens (tertiary/aromatic N) is 5. The Bertz CT molecular complexity index is 698. The van der Waals surface area contributed by atoms with E-state index < -0.39 is 0 Å². The molecule has 3 heterocycles. The highest BCUT2D eigenvalue weighted by molar-refractivity contribution is 5.72. The summed E-state index contributed by atoms with van der Waals surface area (Å²) in [5.74, 6) is 1.57. The van der Waals surface area contributed by atoms with Gasteiger partial charge in [-0.3, -0.25) is 0 Å². The molecule has 0 saturated heterocycles. The fraction of sp³-hybridized carbons (Fsp3) is 0.273. The lowest BCUT2D eigenvalue weighted by molar-refractivity contribution is 0.630. The monoisotopic (exact) mass is 258 g/mol. The largest absolute Gasteiger partial charge is 0.373 e. The Labute approximate surface area is 109 Å². The average Bonchev–Trinajstić information content (AvgIpc) is 3.03. The minimum Gasteiger partial charge on any atom is -0.373 e. The van der Waals surface area contributed by atoms with Crippen molar-refractivity contribution < 1.29 is 0 Å². The molecular weight excluding hydrogens is 244 g/mol. The second kappa shape index (κ2) is 4.65. The van der Waals surface area contributed by atoms with Crippen LogP contribution in [-0.2, 0) is 13.1 Å². The number of rotatable bonds is 4. The standard InChI is InChI=1S/C11H14N8/c1-13-9-3-2-8-11(15-9)16-10(14-8)6-19-5-7(4-12)17-18-19/h2-3,5H,4,6,12H2,1H3,(H2,13,14,15,16). The molecule has 3 rings (SSSR count). The molecule has 3 aromatic heterocycles. The first-order chi connectivity index (χ1) is 9.28. The number of hydrogen-bond donors (Lipinski definition) is 3. The number of pyridine rings is 1. The molecule has 0 aromatic carbocycles.